The lowest BCUT2D eigenvalue weighted by molar-refractivity contribution is -0.117. The molecule has 0 unspecified atom stereocenters. The number of pyridine rings is 1. The highest BCUT2D eigenvalue weighted by atomic mass is 35.5. The zero-order valence-electron chi connectivity index (χ0n) is 13.9. The summed E-state index contributed by atoms with van der Waals surface area (Å²) in [5.74, 6) is 0.787. The Morgan fingerprint density at radius 1 is 1.38 bits per heavy atom. The van der Waals surface area contributed by atoms with Crippen LogP contribution in [0.3, 0.4) is 0 Å². The van der Waals surface area contributed by atoms with Gasteiger partial charge in [-0.2, -0.15) is 0 Å². The van der Waals surface area contributed by atoms with Gasteiger partial charge in [-0.25, -0.2) is 14.4 Å². The molecule has 0 radical (unpaired) electrons. The molecule has 8 heteroatoms. The summed E-state index contributed by atoms with van der Waals surface area (Å²) in [5, 5.41) is 3.29. The molecule has 1 aliphatic rings. The molecule has 6 nitrogen and oxygen atoms in total. The Morgan fingerprint density at radius 2 is 2.27 bits per heavy atom. The van der Waals surface area contributed by atoms with Crippen LogP contribution in [0.2, 0.25) is 5.02 Å². The number of anilines is 1. The zero-order valence-corrected chi connectivity index (χ0v) is 14.6. The Kier molecular flexibility index (Phi) is 4.57. The molecule has 1 fully saturated rings. The number of benzene rings is 1. The molecule has 0 saturated carbocycles. The van der Waals surface area contributed by atoms with E-state index in [0.29, 0.717) is 16.4 Å². The normalized spacial score (nSPS) is 17.7. The van der Waals surface area contributed by atoms with Gasteiger partial charge in [0.25, 0.3) is 0 Å². The number of nitrogens with zero attached hydrogens (tertiary/aromatic N) is 3. The Labute approximate surface area is 154 Å². The van der Waals surface area contributed by atoms with Gasteiger partial charge in [0.2, 0.25) is 5.91 Å². The second-order valence-electron chi connectivity index (χ2n) is 6.32. The van der Waals surface area contributed by atoms with Crippen molar-refractivity contribution in [1.29, 1.82) is 0 Å². The maximum absolute atomic E-state index is 13.4. The monoisotopic (exact) mass is 373 g/mol. The van der Waals surface area contributed by atoms with Crippen LogP contribution in [0.25, 0.3) is 11.0 Å². The Hall–Kier alpha value is -2.51. The van der Waals surface area contributed by atoms with Crippen LogP contribution in [-0.4, -0.2) is 38.8 Å². The highest BCUT2D eigenvalue weighted by Crippen LogP contribution is 2.31. The third kappa shape index (κ3) is 3.54. The van der Waals surface area contributed by atoms with E-state index in [1.165, 1.54) is 18.3 Å². The number of nitrogens with one attached hydrogen (secondary N) is 2. The van der Waals surface area contributed by atoms with Crippen molar-refractivity contribution in [3.05, 3.63) is 53.2 Å². The standard InChI is InChI=1S/C18H17ClFN5O/c19-11-3-6-16(21-9-11)24-17(26)10-25-7-1-2-15(25)18-22-13-5-4-12(20)8-14(13)23-18/h3-6,8-9,15H,1-2,7,10H2,(H,22,23)(H,21,24,26)/t15-/m0/s1. The van der Waals surface area contributed by atoms with E-state index in [-0.39, 0.29) is 24.3 Å². The summed E-state index contributed by atoms with van der Waals surface area (Å²) in [4.78, 5) is 26.2. The number of carbonyl (C=O) groups excluding carboxylic acids is 1. The largest absolute Gasteiger partial charge is 0.341 e. The van der Waals surface area contributed by atoms with E-state index in [1.54, 1.807) is 18.2 Å². The van der Waals surface area contributed by atoms with E-state index in [2.05, 4.69) is 25.2 Å². The quantitative estimate of drug-likeness (QED) is 0.733. The number of hydrogen-bond donors (Lipinski definition) is 2. The SMILES string of the molecule is O=C(CN1CCC[C@H]1c1nc2ccc(F)cc2[nH]1)Nc1ccc(Cl)cn1. The molecule has 2 aromatic heterocycles. The van der Waals surface area contributed by atoms with E-state index in [4.69, 9.17) is 11.6 Å². The fraction of sp³-hybridized carbons (Fsp3) is 0.278. The second-order valence-corrected chi connectivity index (χ2v) is 6.76. The smallest absolute Gasteiger partial charge is 0.239 e. The number of aromatic amines is 1. The van der Waals surface area contributed by atoms with Gasteiger partial charge in [0.1, 0.15) is 17.5 Å². The zero-order chi connectivity index (χ0) is 18.1. The summed E-state index contributed by atoms with van der Waals surface area (Å²) in [6.07, 6.45) is 3.36. The number of H-pyrrole nitrogens is 1. The van der Waals surface area contributed by atoms with Crippen molar-refractivity contribution in [2.75, 3.05) is 18.4 Å². The molecule has 26 heavy (non-hydrogen) atoms. The lowest BCUT2D eigenvalue weighted by Crippen LogP contribution is -2.33. The van der Waals surface area contributed by atoms with Crippen LogP contribution < -0.4 is 5.32 Å². The Balaban J connectivity index is 1.47. The van der Waals surface area contributed by atoms with Crippen LogP contribution in [0.4, 0.5) is 10.2 Å². The van der Waals surface area contributed by atoms with Gasteiger partial charge < -0.3 is 10.3 Å². The number of aromatic nitrogens is 3. The first-order valence-corrected chi connectivity index (χ1v) is 8.77. The topological polar surface area (TPSA) is 73.9 Å². The fourth-order valence-corrected chi connectivity index (χ4v) is 3.41. The highest BCUT2D eigenvalue weighted by Gasteiger charge is 2.30. The summed E-state index contributed by atoms with van der Waals surface area (Å²) in [7, 11) is 0. The minimum absolute atomic E-state index is 0.00869. The average molecular weight is 374 g/mol. The molecular formula is C18H17ClFN5O. The Morgan fingerprint density at radius 3 is 3.08 bits per heavy atom. The van der Waals surface area contributed by atoms with E-state index in [0.717, 1.165) is 30.7 Å². The molecule has 0 aliphatic carbocycles. The summed E-state index contributed by atoms with van der Waals surface area (Å²) >= 11 is 5.80. The van der Waals surface area contributed by atoms with Gasteiger partial charge in [0.05, 0.1) is 28.6 Å². The molecule has 1 atom stereocenters. The fourth-order valence-electron chi connectivity index (χ4n) is 3.30. The minimum Gasteiger partial charge on any atom is -0.341 e. The van der Waals surface area contributed by atoms with Crippen LogP contribution >= 0.6 is 11.6 Å². The number of rotatable bonds is 4. The number of imidazole rings is 1. The van der Waals surface area contributed by atoms with Crippen molar-refractivity contribution >= 4 is 34.4 Å². The number of likely N-dealkylation sites (tertiary alicyclic amines) is 1. The van der Waals surface area contributed by atoms with E-state index < -0.39 is 0 Å². The molecule has 1 saturated heterocycles. The third-order valence-electron chi connectivity index (χ3n) is 4.48. The third-order valence-corrected chi connectivity index (χ3v) is 4.71. The van der Waals surface area contributed by atoms with Crippen molar-refractivity contribution in [2.45, 2.75) is 18.9 Å². The molecule has 134 valence electrons. The molecular weight excluding hydrogens is 357 g/mol. The molecule has 3 heterocycles. The van der Waals surface area contributed by atoms with Crippen molar-refractivity contribution in [3.63, 3.8) is 0 Å². The molecule has 0 bridgehead atoms. The maximum Gasteiger partial charge on any atom is 0.239 e. The van der Waals surface area contributed by atoms with Crippen molar-refractivity contribution < 1.29 is 9.18 Å². The highest BCUT2D eigenvalue weighted by molar-refractivity contribution is 6.30. The van der Waals surface area contributed by atoms with E-state index in [9.17, 15) is 9.18 Å². The van der Waals surface area contributed by atoms with E-state index >= 15 is 0 Å². The van der Waals surface area contributed by atoms with Crippen molar-refractivity contribution in [1.82, 2.24) is 19.9 Å². The molecule has 0 spiro atoms. The number of carbonyl (C=O) groups is 1. The first-order valence-electron chi connectivity index (χ1n) is 8.39. The van der Waals surface area contributed by atoms with Crippen LogP contribution in [0.15, 0.2) is 36.5 Å². The molecule has 1 amide bonds. The van der Waals surface area contributed by atoms with Gasteiger partial charge in [0, 0.05) is 6.20 Å². The molecule has 1 aliphatic heterocycles. The molecule has 3 aromatic rings. The van der Waals surface area contributed by atoms with Gasteiger partial charge in [0.15, 0.2) is 0 Å². The second kappa shape index (κ2) is 7.01. The van der Waals surface area contributed by atoms with Gasteiger partial charge in [-0.3, -0.25) is 9.69 Å². The summed E-state index contributed by atoms with van der Waals surface area (Å²) < 4.78 is 13.4. The first-order chi connectivity index (χ1) is 12.6. The van der Waals surface area contributed by atoms with Crippen LogP contribution in [0.1, 0.15) is 24.7 Å². The van der Waals surface area contributed by atoms with E-state index in [1.807, 2.05) is 0 Å². The van der Waals surface area contributed by atoms with Gasteiger partial charge in [-0.05, 0) is 49.7 Å². The van der Waals surface area contributed by atoms with Crippen molar-refractivity contribution in [3.8, 4) is 0 Å². The van der Waals surface area contributed by atoms with Gasteiger partial charge in [-0.1, -0.05) is 11.6 Å². The number of fused-ring (bicyclic) bond motifs is 1. The van der Waals surface area contributed by atoms with Gasteiger partial charge >= 0.3 is 0 Å². The summed E-state index contributed by atoms with van der Waals surface area (Å²) in [6, 6.07) is 7.83. The number of amides is 1. The first kappa shape index (κ1) is 16.9. The van der Waals surface area contributed by atoms with Crippen LogP contribution in [0.5, 0.6) is 0 Å². The summed E-state index contributed by atoms with van der Waals surface area (Å²) in [5.41, 5.74) is 1.39. The summed E-state index contributed by atoms with van der Waals surface area (Å²) in [6.45, 7) is 1.04. The molecule has 1 aromatic carbocycles. The lowest BCUT2D eigenvalue weighted by Gasteiger charge is -2.22. The Bertz CT molecular complexity index is 942. The lowest BCUT2D eigenvalue weighted by atomic mass is 10.2. The minimum atomic E-state index is -0.300. The van der Waals surface area contributed by atoms with Crippen LogP contribution in [0, 0.1) is 5.82 Å². The number of halogens is 2. The van der Waals surface area contributed by atoms with Crippen molar-refractivity contribution in [2.24, 2.45) is 0 Å². The predicted octanol–water partition coefficient (Wildman–Crippen LogP) is 3.53. The number of hydrogen-bond acceptors (Lipinski definition) is 4. The molecule has 2 N–H and O–H groups in total. The molecule has 4 rings (SSSR count). The maximum atomic E-state index is 13.4. The average Bonchev–Trinajstić information content (AvgIpc) is 3.22. The van der Waals surface area contributed by atoms with Crippen LogP contribution in [-0.2, 0) is 4.79 Å². The predicted molar refractivity (Wildman–Crippen MR) is 97.5 cm³/mol. The van der Waals surface area contributed by atoms with Gasteiger partial charge in [-0.15, -0.1) is 0 Å².